The van der Waals surface area contributed by atoms with E-state index < -0.39 is 0 Å². The average Bonchev–Trinajstić information content (AvgIpc) is 2.50. The van der Waals surface area contributed by atoms with Crippen LogP contribution < -0.4 is 10.6 Å². The van der Waals surface area contributed by atoms with Crippen molar-refractivity contribution in [1.82, 2.24) is 15.3 Å². The minimum atomic E-state index is -0.240. The summed E-state index contributed by atoms with van der Waals surface area (Å²) in [7, 11) is 1.59. The number of nitrogens with one attached hydrogen (secondary N) is 2. The van der Waals surface area contributed by atoms with Crippen LogP contribution in [0.5, 0.6) is 0 Å². The van der Waals surface area contributed by atoms with Gasteiger partial charge in [-0.2, -0.15) is 0 Å². The highest BCUT2D eigenvalue weighted by Crippen LogP contribution is 2.19. The van der Waals surface area contributed by atoms with Gasteiger partial charge in [0.15, 0.2) is 0 Å². The molecule has 2 N–H and O–H groups in total. The van der Waals surface area contributed by atoms with Gasteiger partial charge in [0.2, 0.25) is 5.95 Å². The van der Waals surface area contributed by atoms with E-state index in [9.17, 15) is 4.79 Å². The monoisotopic (exact) mass is 314 g/mol. The molecule has 0 fully saturated rings. The number of carbonyl (C=O) groups excluding carboxylic acids is 1. The van der Waals surface area contributed by atoms with Gasteiger partial charge >= 0.3 is 0 Å². The van der Waals surface area contributed by atoms with Gasteiger partial charge in [0.1, 0.15) is 5.69 Å². The number of benzene rings is 1. The van der Waals surface area contributed by atoms with Crippen molar-refractivity contribution < 1.29 is 9.53 Å². The Morgan fingerprint density at radius 2 is 1.96 bits per heavy atom. The van der Waals surface area contributed by atoms with Gasteiger partial charge in [0.25, 0.3) is 5.91 Å². The molecule has 1 aromatic carbocycles. The summed E-state index contributed by atoms with van der Waals surface area (Å²) in [5.74, 6) is 0.171. The molecule has 1 heterocycles. The summed E-state index contributed by atoms with van der Waals surface area (Å²) in [5.41, 5.74) is 4.27. The minimum Gasteiger partial charge on any atom is -0.383 e. The van der Waals surface area contributed by atoms with Crippen molar-refractivity contribution in [3.05, 3.63) is 46.8 Å². The minimum absolute atomic E-state index is 0.240. The number of hydrogen-bond acceptors (Lipinski definition) is 5. The Kier molecular flexibility index (Phi) is 5.65. The van der Waals surface area contributed by atoms with Gasteiger partial charge in [-0.1, -0.05) is 17.7 Å². The van der Waals surface area contributed by atoms with E-state index in [4.69, 9.17) is 4.74 Å². The predicted molar refractivity (Wildman–Crippen MR) is 90.2 cm³/mol. The lowest BCUT2D eigenvalue weighted by atomic mass is 10.1. The third-order valence-corrected chi connectivity index (χ3v) is 3.31. The van der Waals surface area contributed by atoms with Crippen LogP contribution >= 0.6 is 0 Å². The van der Waals surface area contributed by atoms with Crippen LogP contribution in [0.4, 0.5) is 11.6 Å². The quantitative estimate of drug-likeness (QED) is 0.801. The maximum Gasteiger partial charge on any atom is 0.270 e. The van der Waals surface area contributed by atoms with Crippen molar-refractivity contribution in [2.45, 2.75) is 20.8 Å². The van der Waals surface area contributed by atoms with Crippen LogP contribution in [0.1, 0.15) is 27.3 Å². The van der Waals surface area contributed by atoms with Crippen molar-refractivity contribution in [3.8, 4) is 0 Å². The summed E-state index contributed by atoms with van der Waals surface area (Å²) < 4.78 is 4.92. The van der Waals surface area contributed by atoms with E-state index in [0.29, 0.717) is 24.8 Å². The first-order valence-corrected chi connectivity index (χ1v) is 7.46. The molecule has 0 saturated carbocycles. The number of anilines is 2. The van der Waals surface area contributed by atoms with E-state index in [1.807, 2.05) is 32.9 Å². The zero-order chi connectivity index (χ0) is 16.8. The molecule has 0 radical (unpaired) electrons. The standard InChI is InChI=1S/C17H22N4O2/c1-11-5-6-14(12(2)9-11)20-17-19-13(3)10-15(21-17)16(22)18-7-8-23-4/h5-6,9-10H,7-8H2,1-4H3,(H,18,22)(H,19,20,21). The van der Waals surface area contributed by atoms with Crippen LogP contribution in [-0.4, -0.2) is 36.1 Å². The lowest BCUT2D eigenvalue weighted by Crippen LogP contribution is -2.28. The fourth-order valence-corrected chi connectivity index (χ4v) is 2.17. The number of ether oxygens (including phenoxy) is 1. The molecule has 6 nitrogen and oxygen atoms in total. The molecular formula is C17H22N4O2. The van der Waals surface area contributed by atoms with E-state index >= 15 is 0 Å². The van der Waals surface area contributed by atoms with E-state index in [1.165, 1.54) is 5.56 Å². The zero-order valence-electron chi connectivity index (χ0n) is 13.9. The van der Waals surface area contributed by atoms with Crippen LogP contribution in [0, 0.1) is 20.8 Å². The first kappa shape index (κ1) is 16.9. The van der Waals surface area contributed by atoms with Crippen molar-refractivity contribution in [3.63, 3.8) is 0 Å². The van der Waals surface area contributed by atoms with Crippen LogP contribution in [0.3, 0.4) is 0 Å². The molecule has 122 valence electrons. The highest BCUT2D eigenvalue weighted by atomic mass is 16.5. The zero-order valence-corrected chi connectivity index (χ0v) is 13.9. The average molecular weight is 314 g/mol. The van der Waals surface area contributed by atoms with Crippen molar-refractivity contribution in [2.75, 3.05) is 25.6 Å². The molecule has 1 amide bonds. The highest BCUT2D eigenvalue weighted by molar-refractivity contribution is 5.92. The number of aryl methyl sites for hydroxylation is 3. The molecule has 6 heteroatoms. The lowest BCUT2D eigenvalue weighted by Gasteiger charge is -2.11. The smallest absolute Gasteiger partial charge is 0.270 e. The molecule has 0 saturated heterocycles. The summed E-state index contributed by atoms with van der Waals surface area (Å²) in [6.45, 7) is 6.80. The van der Waals surface area contributed by atoms with Crippen molar-refractivity contribution in [1.29, 1.82) is 0 Å². The third kappa shape index (κ3) is 4.75. The molecule has 0 atom stereocenters. The number of methoxy groups -OCH3 is 1. The Morgan fingerprint density at radius 1 is 1.17 bits per heavy atom. The molecule has 0 spiro atoms. The predicted octanol–water partition coefficient (Wildman–Crippen LogP) is 2.52. The molecule has 0 unspecified atom stereocenters. The van der Waals surface area contributed by atoms with Gasteiger partial charge in [-0.05, 0) is 38.5 Å². The number of carbonyl (C=O) groups is 1. The molecular weight excluding hydrogens is 292 g/mol. The van der Waals surface area contributed by atoms with Gasteiger partial charge in [0.05, 0.1) is 6.61 Å². The molecule has 1 aromatic heterocycles. The largest absolute Gasteiger partial charge is 0.383 e. The SMILES string of the molecule is COCCNC(=O)c1cc(C)nc(Nc2ccc(C)cc2C)n1. The Balaban J connectivity index is 2.18. The highest BCUT2D eigenvalue weighted by Gasteiger charge is 2.11. The number of rotatable bonds is 6. The van der Waals surface area contributed by atoms with E-state index in [0.717, 1.165) is 16.9 Å². The van der Waals surface area contributed by atoms with E-state index in [2.05, 4.69) is 26.7 Å². The second kappa shape index (κ2) is 7.69. The molecule has 23 heavy (non-hydrogen) atoms. The topological polar surface area (TPSA) is 76.1 Å². The first-order chi connectivity index (χ1) is 11.0. The van der Waals surface area contributed by atoms with E-state index in [-0.39, 0.29) is 5.91 Å². The normalized spacial score (nSPS) is 10.4. The molecule has 0 aliphatic heterocycles. The molecule has 0 aliphatic carbocycles. The number of amides is 1. The van der Waals surface area contributed by atoms with Gasteiger partial charge in [0, 0.05) is 25.0 Å². The Labute approximate surface area is 136 Å². The molecule has 2 aromatic rings. The fraction of sp³-hybridized carbons (Fsp3) is 0.353. The summed E-state index contributed by atoms with van der Waals surface area (Å²) in [6.07, 6.45) is 0. The maximum absolute atomic E-state index is 12.1. The Morgan fingerprint density at radius 3 is 2.65 bits per heavy atom. The number of aromatic nitrogens is 2. The molecule has 0 bridgehead atoms. The van der Waals surface area contributed by atoms with Gasteiger partial charge in [-0.3, -0.25) is 4.79 Å². The second-order valence-corrected chi connectivity index (χ2v) is 5.41. The summed E-state index contributed by atoms with van der Waals surface area (Å²) in [4.78, 5) is 20.7. The maximum atomic E-state index is 12.1. The summed E-state index contributed by atoms with van der Waals surface area (Å²) in [5, 5.41) is 5.93. The van der Waals surface area contributed by atoms with Crippen LogP contribution in [-0.2, 0) is 4.74 Å². The van der Waals surface area contributed by atoms with Crippen LogP contribution in [0.2, 0.25) is 0 Å². The van der Waals surface area contributed by atoms with Gasteiger partial charge in [-0.25, -0.2) is 9.97 Å². The summed E-state index contributed by atoms with van der Waals surface area (Å²) >= 11 is 0. The molecule has 2 rings (SSSR count). The van der Waals surface area contributed by atoms with Crippen LogP contribution in [0.25, 0.3) is 0 Å². The van der Waals surface area contributed by atoms with Crippen LogP contribution in [0.15, 0.2) is 24.3 Å². The fourth-order valence-electron chi connectivity index (χ4n) is 2.17. The second-order valence-electron chi connectivity index (χ2n) is 5.41. The number of hydrogen-bond donors (Lipinski definition) is 2. The molecule has 0 aliphatic rings. The van der Waals surface area contributed by atoms with Gasteiger partial charge in [-0.15, -0.1) is 0 Å². The van der Waals surface area contributed by atoms with E-state index in [1.54, 1.807) is 13.2 Å². The Hall–Kier alpha value is -2.47. The third-order valence-electron chi connectivity index (χ3n) is 3.31. The van der Waals surface area contributed by atoms with Gasteiger partial charge < -0.3 is 15.4 Å². The van der Waals surface area contributed by atoms with Crippen molar-refractivity contribution >= 4 is 17.5 Å². The van der Waals surface area contributed by atoms with Crippen molar-refractivity contribution in [2.24, 2.45) is 0 Å². The first-order valence-electron chi connectivity index (χ1n) is 7.46. The Bertz CT molecular complexity index is 701. The lowest BCUT2D eigenvalue weighted by molar-refractivity contribution is 0.0932. The summed E-state index contributed by atoms with van der Waals surface area (Å²) in [6, 6.07) is 7.74. The number of nitrogens with zero attached hydrogens (tertiary/aromatic N) is 2.